The number of hydrogen-bond donors (Lipinski definition) is 2. The summed E-state index contributed by atoms with van der Waals surface area (Å²) in [7, 11) is 0. The van der Waals surface area contributed by atoms with Crippen LogP contribution in [-0.2, 0) is 4.79 Å². The van der Waals surface area contributed by atoms with Gasteiger partial charge in [0.2, 0.25) is 5.91 Å². The summed E-state index contributed by atoms with van der Waals surface area (Å²) in [5.74, 6) is -0.287. The molecule has 0 spiro atoms. The number of hydrogen-bond acceptors (Lipinski definition) is 3. The van der Waals surface area contributed by atoms with Gasteiger partial charge in [0.1, 0.15) is 5.82 Å². The van der Waals surface area contributed by atoms with Gasteiger partial charge in [-0.1, -0.05) is 36.4 Å². The van der Waals surface area contributed by atoms with Crippen molar-refractivity contribution in [2.45, 2.75) is 12.0 Å². The molecule has 2 atom stereocenters. The minimum absolute atomic E-state index is 0.0133. The van der Waals surface area contributed by atoms with E-state index < -0.39 is 0 Å². The normalized spacial score (nSPS) is 21.3. The van der Waals surface area contributed by atoms with Gasteiger partial charge < -0.3 is 11.1 Å². The third kappa shape index (κ3) is 3.94. The molecule has 1 heterocycles. The van der Waals surface area contributed by atoms with Crippen molar-refractivity contribution in [2.24, 2.45) is 5.73 Å². The maximum absolute atomic E-state index is 13.1. The van der Waals surface area contributed by atoms with Gasteiger partial charge in [-0.25, -0.2) is 4.39 Å². The Morgan fingerprint density at radius 1 is 1.17 bits per heavy atom. The second-order valence-electron chi connectivity index (χ2n) is 5.93. The van der Waals surface area contributed by atoms with Gasteiger partial charge in [0.05, 0.1) is 6.54 Å². The molecule has 2 aromatic rings. The van der Waals surface area contributed by atoms with Crippen LogP contribution in [0.2, 0.25) is 0 Å². The molecule has 1 aliphatic rings. The highest BCUT2D eigenvalue weighted by Gasteiger charge is 2.31. The second-order valence-corrected chi connectivity index (χ2v) is 5.93. The summed E-state index contributed by atoms with van der Waals surface area (Å²) in [4.78, 5) is 14.2. The van der Waals surface area contributed by atoms with E-state index in [0.717, 1.165) is 6.54 Å². The molecular weight excluding hydrogens is 293 g/mol. The number of halogens is 1. The largest absolute Gasteiger partial charge is 0.326 e. The standard InChI is InChI=1S/C18H20FN3O/c19-14-7-4-8-15(9-14)21-18(23)12-22-10-16(17(20)11-22)13-5-2-1-3-6-13/h1-9,16-17H,10-12,20H2,(H,21,23)/t16-,17+/m0/s1. The zero-order valence-electron chi connectivity index (χ0n) is 12.8. The number of nitrogens with zero attached hydrogens (tertiary/aromatic N) is 1. The Kier molecular flexibility index (Phi) is 4.69. The van der Waals surface area contributed by atoms with Crippen molar-refractivity contribution in [2.75, 3.05) is 25.0 Å². The van der Waals surface area contributed by atoms with E-state index in [1.165, 1.54) is 17.7 Å². The fraction of sp³-hybridized carbons (Fsp3) is 0.278. The van der Waals surface area contributed by atoms with Crippen molar-refractivity contribution in [3.8, 4) is 0 Å². The van der Waals surface area contributed by atoms with Gasteiger partial charge in [0, 0.05) is 30.7 Å². The topological polar surface area (TPSA) is 58.4 Å². The summed E-state index contributed by atoms with van der Waals surface area (Å²) < 4.78 is 13.1. The van der Waals surface area contributed by atoms with Crippen molar-refractivity contribution in [3.05, 3.63) is 66.0 Å². The fourth-order valence-electron chi connectivity index (χ4n) is 3.07. The van der Waals surface area contributed by atoms with Gasteiger partial charge >= 0.3 is 0 Å². The SMILES string of the molecule is N[C@@H]1CN(CC(=O)Nc2cccc(F)c2)C[C@H]1c1ccccc1. The molecule has 1 aliphatic heterocycles. The third-order valence-corrected chi connectivity index (χ3v) is 4.14. The second kappa shape index (κ2) is 6.89. The van der Waals surface area contributed by atoms with Crippen LogP contribution in [0.4, 0.5) is 10.1 Å². The number of rotatable bonds is 4. The lowest BCUT2D eigenvalue weighted by atomic mass is 9.95. The molecule has 5 heteroatoms. The Balaban J connectivity index is 1.58. The molecule has 0 bridgehead atoms. The van der Waals surface area contributed by atoms with E-state index in [9.17, 15) is 9.18 Å². The number of nitrogens with two attached hydrogens (primary N) is 1. The zero-order valence-corrected chi connectivity index (χ0v) is 12.8. The molecule has 0 radical (unpaired) electrons. The average molecular weight is 313 g/mol. The molecule has 0 saturated carbocycles. The highest BCUT2D eigenvalue weighted by molar-refractivity contribution is 5.92. The molecule has 120 valence electrons. The summed E-state index contributed by atoms with van der Waals surface area (Å²) >= 11 is 0. The van der Waals surface area contributed by atoms with Crippen LogP contribution in [0.15, 0.2) is 54.6 Å². The lowest BCUT2D eigenvalue weighted by Gasteiger charge is -2.16. The average Bonchev–Trinajstić information content (AvgIpc) is 2.88. The Morgan fingerprint density at radius 3 is 2.70 bits per heavy atom. The lowest BCUT2D eigenvalue weighted by molar-refractivity contribution is -0.117. The monoisotopic (exact) mass is 313 g/mol. The summed E-state index contributed by atoms with van der Waals surface area (Å²) in [6.45, 7) is 1.69. The number of nitrogens with one attached hydrogen (secondary N) is 1. The first-order valence-corrected chi connectivity index (χ1v) is 7.70. The molecule has 0 unspecified atom stereocenters. The fourth-order valence-corrected chi connectivity index (χ4v) is 3.07. The number of carbonyl (C=O) groups excluding carboxylic acids is 1. The predicted octanol–water partition coefficient (Wildman–Crippen LogP) is 2.19. The van der Waals surface area contributed by atoms with Crippen LogP contribution >= 0.6 is 0 Å². The van der Waals surface area contributed by atoms with E-state index in [1.54, 1.807) is 12.1 Å². The number of amides is 1. The van der Waals surface area contributed by atoms with Crippen LogP contribution in [0.1, 0.15) is 11.5 Å². The van der Waals surface area contributed by atoms with Crippen molar-refractivity contribution < 1.29 is 9.18 Å². The molecule has 3 N–H and O–H groups in total. The van der Waals surface area contributed by atoms with Crippen molar-refractivity contribution >= 4 is 11.6 Å². The Hall–Kier alpha value is -2.24. The number of carbonyl (C=O) groups is 1. The van der Waals surface area contributed by atoms with E-state index >= 15 is 0 Å². The first-order valence-electron chi connectivity index (χ1n) is 7.70. The van der Waals surface area contributed by atoms with E-state index in [-0.39, 0.29) is 30.2 Å². The van der Waals surface area contributed by atoms with Gasteiger partial charge in [-0.05, 0) is 23.8 Å². The Labute approximate surface area is 135 Å². The molecular formula is C18H20FN3O. The number of likely N-dealkylation sites (tertiary alicyclic amines) is 1. The van der Waals surface area contributed by atoms with Crippen LogP contribution in [0.3, 0.4) is 0 Å². The van der Waals surface area contributed by atoms with Gasteiger partial charge in [-0.3, -0.25) is 9.69 Å². The zero-order chi connectivity index (χ0) is 16.2. The van der Waals surface area contributed by atoms with Gasteiger partial charge in [0.25, 0.3) is 0 Å². The van der Waals surface area contributed by atoms with Crippen molar-refractivity contribution in [1.29, 1.82) is 0 Å². The van der Waals surface area contributed by atoms with E-state index in [2.05, 4.69) is 17.4 Å². The van der Waals surface area contributed by atoms with Gasteiger partial charge in [-0.2, -0.15) is 0 Å². The molecule has 0 aliphatic carbocycles. The third-order valence-electron chi connectivity index (χ3n) is 4.14. The van der Waals surface area contributed by atoms with Gasteiger partial charge in [0.15, 0.2) is 0 Å². The Bertz CT molecular complexity index is 677. The molecule has 0 aromatic heterocycles. The molecule has 23 heavy (non-hydrogen) atoms. The maximum Gasteiger partial charge on any atom is 0.238 e. The number of benzene rings is 2. The van der Waals surface area contributed by atoms with E-state index in [4.69, 9.17) is 5.73 Å². The van der Waals surface area contributed by atoms with Crippen LogP contribution in [0, 0.1) is 5.82 Å². The summed E-state index contributed by atoms with van der Waals surface area (Å²) in [5.41, 5.74) is 7.90. The first-order chi connectivity index (χ1) is 11.1. The van der Waals surface area contributed by atoms with Crippen molar-refractivity contribution in [1.82, 2.24) is 4.90 Å². The van der Waals surface area contributed by atoms with E-state index in [1.807, 2.05) is 23.1 Å². The molecule has 4 nitrogen and oxygen atoms in total. The minimum atomic E-state index is -0.366. The lowest BCUT2D eigenvalue weighted by Crippen LogP contribution is -2.33. The molecule has 1 fully saturated rings. The predicted molar refractivity (Wildman–Crippen MR) is 88.6 cm³/mol. The van der Waals surface area contributed by atoms with E-state index in [0.29, 0.717) is 12.2 Å². The highest BCUT2D eigenvalue weighted by Crippen LogP contribution is 2.26. The summed E-state index contributed by atoms with van der Waals surface area (Å²) in [5, 5.41) is 2.72. The molecule has 3 rings (SSSR count). The minimum Gasteiger partial charge on any atom is -0.326 e. The molecule has 2 aromatic carbocycles. The van der Waals surface area contributed by atoms with Gasteiger partial charge in [-0.15, -0.1) is 0 Å². The molecule has 1 saturated heterocycles. The van der Waals surface area contributed by atoms with Crippen molar-refractivity contribution in [3.63, 3.8) is 0 Å². The number of anilines is 1. The van der Waals surface area contributed by atoms with Crippen LogP contribution in [-0.4, -0.2) is 36.5 Å². The Morgan fingerprint density at radius 2 is 1.96 bits per heavy atom. The molecule has 1 amide bonds. The van der Waals surface area contributed by atoms with Crippen LogP contribution < -0.4 is 11.1 Å². The summed E-state index contributed by atoms with van der Waals surface area (Å²) in [6, 6.07) is 16.0. The smallest absolute Gasteiger partial charge is 0.238 e. The first kappa shape index (κ1) is 15.6. The maximum atomic E-state index is 13.1. The quantitative estimate of drug-likeness (QED) is 0.910. The van der Waals surface area contributed by atoms with Crippen LogP contribution in [0.25, 0.3) is 0 Å². The highest BCUT2D eigenvalue weighted by atomic mass is 19.1. The van der Waals surface area contributed by atoms with Crippen LogP contribution in [0.5, 0.6) is 0 Å². The summed E-state index contributed by atoms with van der Waals surface area (Å²) in [6.07, 6.45) is 0.